The lowest BCUT2D eigenvalue weighted by Gasteiger charge is -2.49. The lowest BCUT2D eigenvalue weighted by Crippen LogP contribution is -2.75. The van der Waals surface area contributed by atoms with Crippen molar-refractivity contribution in [2.24, 2.45) is 0 Å². The maximum absolute atomic E-state index is 13.5. The minimum atomic E-state index is -5.21. The van der Waals surface area contributed by atoms with Crippen molar-refractivity contribution in [3.05, 3.63) is 47.2 Å². The number of hydrogen-bond acceptors (Lipinski definition) is 7. The fourth-order valence-electron chi connectivity index (χ4n) is 3.12. The lowest BCUT2D eigenvalue weighted by molar-refractivity contribution is -0.154. The third kappa shape index (κ3) is 3.84. The summed E-state index contributed by atoms with van der Waals surface area (Å²) in [5.74, 6) is -4.25. The highest BCUT2D eigenvalue weighted by molar-refractivity contribution is 7.92. The highest BCUT2D eigenvalue weighted by atomic mass is 32.2. The van der Waals surface area contributed by atoms with Crippen LogP contribution in [0.25, 0.3) is 0 Å². The van der Waals surface area contributed by atoms with Gasteiger partial charge in [-0.05, 0) is 5.56 Å². The minimum absolute atomic E-state index is 0.204. The second-order valence-corrected chi connectivity index (χ2v) is 8.50. The van der Waals surface area contributed by atoms with Gasteiger partial charge in [0.15, 0.2) is 15.2 Å². The Morgan fingerprint density at radius 1 is 1.23 bits per heavy atom. The van der Waals surface area contributed by atoms with Crippen LogP contribution >= 0.6 is 0 Å². The minimum Gasteiger partial charge on any atom is -0.456 e. The molecule has 0 bridgehead atoms. The maximum atomic E-state index is 13.5. The molecule has 0 aliphatic carbocycles. The van der Waals surface area contributed by atoms with Crippen LogP contribution in [0.4, 0.5) is 18.0 Å². The number of alkyl halides is 3. The van der Waals surface area contributed by atoms with Gasteiger partial charge in [0, 0.05) is 0 Å². The van der Waals surface area contributed by atoms with E-state index in [1.54, 1.807) is 30.3 Å². The largest absolute Gasteiger partial charge is 0.456 e. The summed E-state index contributed by atoms with van der Waals surface area (Å²) in [7, 11) is -3.62. The number of halogens is 3. The number of ether oxygens (including phenoxy) is 2. The zero-order valence-corrected chi connectivity index (χ0v) is 16.1. The second-order valence-electron chi connectivity index (χ2n) is 6.41. The Labute approximate surface area is 168 Å². The number of rotatable bonds is 4. The number of esters is 1. The molecule has 0 radical (unpaired) electrons. The quantitative estimate of drug-likeness (QED) is 0.536. The summed E-state index contributed by atoms with van der Waals surface area (Å²) in [4.78, 5) is 36.4. The molecule has 1 N–H and O–H groups in total. The highest BCUT2D eigenvalue weighted by Crippen LogP contribution is 2.42. The Hall–Kier alpha value is -3.09. The SMILES string of the molecule is COC(=O)N[C@@H]1C(=O)N2C(C(=O)OCc3ccccc3)=C(C(F)(F)F)CS(=O)(=O)C12. The summed E-state index contributed by atoms with van der Waals surface area (Å²) in [6.07, 6.45) is -6.36. The normalized spacial score (nSPS) is 22.7. The number of β-lactam (4-membered cyclic amide) rings is 1. The number of amides is 2. The van der Waals surface area contributed by atoms with Gasteiger partial charge in [0.05, 0.1) is 18.4 Å². The van der Waals surface area contributed by atoms with Gasteiger partial charge in [0.2, 0.25) is 0 Å². The number of hydrogen-bond donors (Lipinski definition) is 1. The average molecular weight is 448 g/mol. The van der Waals surface area contributed by atoms with Crippen LogP contribution in [0, 0.1) is 0 Å². The predicted molar refractivity (Wildman–Crippen MR) is 93.1 cm³/mol. The third-order valence-corrected chi connectivity index (χ3v) is 6.40. The molecule has 2 heterocycles. The standard InChI is InChI=1S/C17H15F3N2O7S/c1-28-16(25)21-11-13(23)22-12(15(24)29-7-9-5-3-2-4-6-9)10(17(18,19)20)8-30(26,27)14(11)22/h2-6,11,14H,7-8H2,1H3,(H,21,25)/t11-,14?/m1/s1. The Kier molecular flexibility index (Phi) is 5.50. The molecule has 9 nitrogen and oxygen atoms in total. The van der Waals surface area contributed by atoms with Crippen molar-refractivity contribution in [3.63, 3.8) is 0 Å². The van der Waals surface area contributed by atoms with E-state index < -0.39 is 69.0 Å². The molecule has 162 valence electrons. The number of sulfone groups is 1. The molecule has 1 unspecified atom stereocenters. The van der Waals surface area contributed by atoms with Gasteiger partial charge in [-0.15, -0.1) is 0 Å². The van der Waals surface area contributed by atoms with Crippen molar-refractivity contribution < 1.29 is 45.4 Å². The molecule has 1 saturated heterocycles. The van der Waals surface area contributed by atoms with Crippen LogP contribution in [0.5, 0.6) is 0 Å². The van der Waals surface area contributed by atoms with Gasteiger partial charge in [0.1, 0.15) is 18.3 Å². The molecule has 2 amide bonds. The summed E-state index contributed by atoms with van der Waals surface area (Å²) in [6.45, 7) is -0.391. The fourth-order valence-corrected chi connectivity index (χ4v) is 5.12. The summed E-state index contributed by atoms with van der Waals surface area (Å²) < 4.78 is 74.5. The highest BCUT2D eigenvalue weighted by Gasteiger charge is 2.63. The number of carbonyl (C=O) groups excluding carboxylic acids is 3. The lowest BCUT2D eigenvalue weighted by atomic mass is 10.0. The molecular formula is C17H15F3N2O7S. The summed E-state index contributed by atoms with van der Waals surface area (Å²) in [6, 6.07) is 6.36. The molecule has 3 rings (SSSR count). The van der Waals surface area contributed by atoms with E-state index in [-0.39, 0.29) is 4.90 Å². The monoisotopic (exact) mass is 448 g/mol. The molecule has 1 aromatic rings. The summed E-state index contributed by atoms with van der Waals surface area (Å²) in [5, 5.41) is 0.0739. The first-order valence-corrected chi connectivity index (χ1v) is 10.1. The Balaban J connectivity index is 1.97. The predicted octanol–water partition coefficient (Wildman–Crippen LogP) is 0.867. The molecule has 0 saturated carbocycles. The van der Waals surface area contributed by atoms with E-state index in [2.05, 4.69) is 4.74 Å². The van der Waals surface area contributed by atoms with Crippen LogP contribution in [0.2, 0.25) is 0 Å². The molecule has 2 aliphatic heterocycles. The van der Waals surface area contributed by atoms with Crippen LogP contribution in [0.15, 0.2) is 41.6 Å². The number of fused-ring (bicyclic) bond motifs is 1. The van der Waals surface area contributed by atoms with E-state index in [1.807, 2.05) is 5.32 Å². The number of alkyl carbamates (subject to hydrolysis) is 1. The van der Waals surface area contributed by atoms with Gasteiger partial charge in [0.25, 0.3) is 5.91 Å². The van der Waals surface area contributed by atoms with Crippen molar-refractivity contribution in [1.29, 1.82) is 0 Å². The molecular weight excluding hydrogens is 433 g/mol. The average Bonchev–Trinajstić information content (AvgIpc) is 2.68. The fraction of sp³-hybridized carbons (Fsp3) is 0.353. The molecule has 30 heavy (non-hydrogen) atoms. The number of methoxy groups -OCH3 is 1. The van der Waals surface area contributed by atoms with E-state index in [4.69, 9.17) is 4.74 Å². The molecule has 1 aromatic carbocycles. The molecule has 2 aliphatic rings. The van der Waals surface area contributed by atoms with Crippen LogP contribution in [-0.4, -0.2) is 61.7 Å². The zero-order chi connectivity index (χ0) is 22.3. The molecule has 13 heteroatoms. The van der Waals surface area contributed by atoms with E-state index in [9.17, 15) is 36.0 Å². The van der Waals surface area contributed by atoms with Crippen molar-refractivity contribution in [2.75, 3.05) is 12.9 Å². The summed E-state index contributed by atoms with van der Waals surface area (Å²) in [5.41, 5.74) is -2.44. The van der Waals surface area contributed by atoms with Crippen LogP contribution < -0.4 is 5.32 Å². The van der Waals surface area contributed by atoms with Gasteiger partial charge in [-0.1, -0.05) is 30.3 Å². The van der Waals surface area contributed by atoms with E-state index >= 15 is 0 Å². The molecule has 0 aromatic heterocycles. The van der Waals surface area contributed by atoms with Crippen molar-refractivity contribution in [1.82, 2.24) is 10.2 Å². The van der Waals surface area contributed by atoms with Gasteiger partial charge >= 0.3 is 18.2 Å². The number of carbonyl (C=O) groups is 3. The molecule has 2 atom stereocenters. The first-order chi connectivity index (χ1) is 14.0. The van der Waals surface area contributed by atoms with Crippen LogP contribution in [-0.2, 0) is 35.5 Å². The van der Waals surface area contributed by atoms with E-state index in [0.717, 1.165) is 7.11 Å². The van der Waals surface area contributed by atoms with E-state index in [1.165, 1.54) is 0 Å². The number of nitrogens with zero attached hydrogens (tertiary/aromatic N) is 1. The molecule has 1 fully saturated rings. The molecule has 0 spiro atoms. The van der Waals surface area contributed by atoms with Gasteiger partial charge in [-0.2, -0.15) is 13.2 Å². The Bertz CT molecular complexity index is 1020. The first-order valence-electron chi connectivity index (χ1n) is 8.38. The van der Waals surface area contributed by atoms with Gasteiger partial charge < -0.3 is 14.8 Å². The van der Waals surface area contributed by atoms with Crippen LogP contribution in [0.1, 0.15) is 5.56 Å². The smallest absolute Gasteiger partial charge is 0.415 e. The number of benzene rings is 1. The Morgan fingerprint density at radius 2 is 1.87 bits per heavy atom. The topological polar surface area (TPSA) is 119 Å². The zero-order valence-electron chi connectivity index (χ0n) is 15.3. The first kappa shape index (κ1) is 21.6. The van der Waals surface area contributed by atoms with Crippen LogP contribution in [0.3, 0.4) is 0 Å². The van der Waals surface area contributed by atoms with Crippen molar-refractivity contribution >= 4 is 27.8 Å². The van der Waals surface area contributed by atoms with Crippen molar-refractivity contribution in [3.8, 4) is 0 Å². The van der Waals surface area contributed by atoms with Gasteiger partial charge in [-0.25, -0.2) is 18.0 Å². The van der Waals surface area contributed by atoms with Gasteiger partial charge in [-0.3, -0.25) is 9.69 Å². The van der Waals surface area contributed by atoms with Crippen molar-refractivity contribution in [2.45, 2.75) is 24.2 Å². The maximum Gasteiger partial charge on any atom is 0.415 e. The van der Waals surface area contributed by atoms with E-state index in [0.29, 0.717) is 5.56 Å². The Morgan fingerprint density at radius 3 is 2.43 bits per heavy atom. The third-order valence-electron chi connectivity index (χ3n) is 4.49. The number of nitrogens with one attached hydrogen (secondary N) is 1. The second kappa shape index (κ2) is 7.63. The summed E-state index contributed by atoms with van der Waals surface area (Å²) >= 11 is 0.